The molecule has 1 aromatic heterocycles. The second-order valence-electron chi connectivity index (χ2n) is 7.14. The van der Waals surface area contributed by atoms with Gasteiger partial charge in [-0.05, 0) is 38.5 Å². The number of hydrazone groups is 1. The maximum absolute atomic E-state index is 13.1. The van der Waals surface area contributed by atoms with Crippen LogP contribution in [0.2, 0.25) is 5.15 Å². The maximum atomic E-state index is 13.1. The van der Waals surface area contributed by atoms with E-state index >= 15 is 0 Å². The van der Waals surface area contributed by atoms with Gasteiger partial charge in [0.15, 0.2) is 0 Å². The number of nitro benzene ring substituents is 1. The topological polar surface area (TPSA) is 132 Å². The van der Waals surface area contributed by atoms with Crippen LogP contribution in [0.4, 0.5) is 17.1 Å². The first kappa shape index (κ1) is 23.2. The summed E-state index contributed by atoms with van der Waals surface area (Å²) >= 11 is 6.17. The lowest BCUT2D eigenvalue weighted by Gasteiger charge is -2.14. The van der Waals surface area contributed by atoms with Gasteiger partial charge in [0.2, 0.25) is 0 Å². The number of hydrogen-bond donors (Lipinski definition) is 2. The SMILES string of the molecule is Cc1ccc(NS(=O)(=O)c2cc([N+](=O)[O-])ccc2NN=Cc2c(C)nn(C)c2Cl)c(C)c1. The predicted molar refractivity (Wildman–Crippen MR) is 124 cm³/mol. The number of aromatic nitrogens is 2. The summed E-state index contributed by atoms with van der Waals surface area (Å²) in [5.74, 6) is 0. The van der Waals surface area contributed by atoms with Crippen molar-refractivity contribution in [1.82, 2.24) is 9.78 Å². The number of hydrogen-bond acceptors (Lipinski definition) is 7. The molecule has 0 unspecified atom stereocenters. The molecule has 3 rings (SSSR count). The minimum atomic E-state index is -4.18. The van der Waals surface area contributed by atoms with Crippen molar-refractivity contribution in [3.8, 4) is 0 Å². The van der Waals surface area contributed by atoms with Gasteiger partial charge in [-0.15, -0.1) is 0 Å². The zero-order valence-electron chi connectivity index (χ0n) is 17.7. The molecule has 10 nitrogen and oxygen atoms in total. The van der Waals surface area contributed by atoms with E-state index in [-0.39, 0.29) is 16.3 Å². The molecule has 0 aliphatic rings. The van der Waals surface area contributed by atoms with Gasteiger partial charge in [0.1, 0.15) is 10.0 Å². The largest absolute Gasteiger partial charge is 0.279 e. The highest BCUT2D eigenvalue weighted by atomic mass is 35.5. The van der Waals surface area contributed by atoms with E-state index in [0.717, 1.165) is 11.6 Å². The Bertz CT molecular complexity index is 1330. The number of nitrogens with one attached hydrogen (secondary N) is 2. The summed E-state index contributed by atoms with van der Waals surface area (Å²) < 4.78 is 30.2. The van der Waals surface area contributed by atoms with Crippen molar-refractivity contribution in [3.05, 3.63) is 74.0 Å². The second kappa shape index (κ2) is 8.97. The molecule has 0 bridgehead atoms. The number of anilines is 2. The first-order chi connectivity index (χ1) is 15.0. The number of rotatable bonds is 7. The summed E-state index contributed by atoms with van der Waals surface area (Å²) in [6.07, 6.45) is 1.40. The average Bonchev–Trinajstić information content (AvgIpc) is 2.96. The van der Waals surface area contributed by atoms with Crippen LogP contribution < -0.4 is 10.1 Å². The fourth-order valence-corrected chi connectivity index (χ4v) is 4.56. The van der Waals surface area contributed by atoms with Crippen LogP contribution in [0.5, 0.6) is 0 Å². The van der Waals surface area contributed by atoms with Crippen LogP contribution in [0, 0.1) is 30.9 Å². The normalized spacial score (nSPS) is 11.7. The molecule has 0 aliphatic heterocycles. The van der Waals surface area contributed by atoms with E-state index in [1.807, 2.05) is 13.0 Å². The molecule has 0 fully saturated rings. The van der Waals surface area contributed by atoms with E-state index in [1.165, 1.54) is 23.0 Å². The molecule has 0 spiro atoms. The third kappa shape index (κ3) is 4.89. The number of nitrogens with zero attached hydrogens (tertiary/aromatic N) is 4. The Balaban J connectivity index is 1.98. The number of non-ortho nitro benzene ring substituents is 1. The molecule has 0 aliphatic carbocycles. The Morgan fingerprint density at radius 2 is 1.84 bits per heavy atom. The molecular weight excluding hydrogens is 456 g/mol. The maximum Gasteiger partial charge on any atom is 0.270 e. The lowest BCUT2D eigenvalue weighted by atomic mass is 10.1. The first-order valence-corrected chi connectivity index (χ1v) is 11.2. The molecule has 0 saturated heterocycles. The lowest BCUT2D eigenvalue weighted by Crippen LogP contribution is -2.16. The molecular formula is C20H21ClN6O4S. The summed E-state index contributed by atoms with van der Waals surface area (Å²) in [7, 11) is -2.50. The number of halogens is 1. The molecule has 0 atom stereocenters. The predicted octanol–water partition coefficient (Wildman–Crippen LogP) is 4.15. The number of aryl methyl sites for hydroxylation is 4. The average molecular weight is 477 g/mol. The van der Waals surface area contributed by atoms with Gasteiger partial charge in [-0.3, -0.25) is 24.9 Å². The minimum absolute atomic E-state index is 0.0572. The Hall–Kier alpha value is -3.44. The molecule has 0 radical (unpaired) electrons. The Kier molecular flexibility index (Phi) is 6.51. The van der Waals surface area contributed by atoms with E-state index in [1.54, 1.807) is 33.0 Å². The molecule has 0 amide bonds. The van der Waals surface area contributed by atoms with Crippen LogP contribution in [0.25, 0.3) is 0 Å². The highest BCUT2D eigenvalue weighted by Crippen LogP contribution is 2.29. The quantitative estimate of drug-likeness (QED) is 0.299. The van der Waals surface area contributed by atoms with Crippen LogP contribution in [-0.2, 0) is 17.1 Å². The van der Waals surface area contributed by atoms with Gasteiger partial charge in [0.05, 0.1) is 33.8 Å². The number of benzene rings is 2. The zero-order valence-corrected chi connectivity index (χ0v) is 19.3. The fraction of sp³-hybridized carbons (Fsp3) is 0.200. The van der Waals surface area contributed by atoms with Crippen LogP contribution in [-0.4, -0.2) is 29.3 Å². The lowest BCUT2D eigenvalue weighted by molar-refractivity contribution is -0.385. The van der Waals surface area contributed by atoms with E-state index in [4.69, 9.17) is 11.6 Å². The third-order valence-electron chi connectivity index (χ3n) is 4.67. The van der Waals surface area contributed by atoms with Gasteiger partial charge in [-0.2, -0.15) is 10.2 Å². The van der Waals surface area contributed by atoms with Gasteiger partial charge in [0.25, 0.3) is 15.7 Å². The summed E-state index contributed by atoms with van der Waals surface area (Å²) in [6, 6.07) is 8.68. The van der Waals surface area contributed by atoms with Crippen LogP contribution >= 0.6 is 11.6 Å². The second-order valence-corrected chi connectivity index (χ2v) is 9.15. The molecule has 1 heterocycles. The molecule has 3 aromatic rings. The van der Waals surface area contributed by atoms with Crippen molar-refractivity contribution in [1.29, 1.82) is 0 Å². The van der Waals surface area contributed by atoms with Crippen LogP contribution in [0.15, 0.2) is 46.4 Å². The summed E-state index contributed by atoms with van der Waals surface area (Å²) in [6.45, 7) is 5.41. The van der Waals surface area contributed by atoms with Gasteiger partial charge < -0.3 is 0 Å². The van der Waals surface area contributed by atoms with Crippen molar-refractivity contribution < 1.29 is 13.3 Å². The van der Waals surface area contributed by atoms with E-state index in [9.17, 15) is 18.5 Å². The van der Waals surface area contributed by atoms with E-state index < -0.39 is 14.9 Å². The van der Waals surface area contributed by atoms with E-state index in [2.05, 4.69) is 20.3 Å². The third-order valence-corrected chi connectivity index (χ3v) is 6.52. The van der Waals surface area contributed by atoms with Gasteiger partial charge in [-0.1, -0.05) is 29.3 Å². The standard InChI is InChI=1S/C20H21ClN6O4S/c1-12-5-7-17(13(2)9-12)25-32(30,31)19-10-15(27(28)29)6-8-18(19)23-22-11-16-14(3)24-26(4)20(16)21/h5-11,23,25H,1-4H3. The summed E-state index contributed by atoms with van der Waals surface area (Å²) in [5, 5.41) is 19.8. The highest BCUT2D eigenvalue weighted by molar-refractivity contribution is 7.92. The van der Waals surface area contributed by atoms with Crippen molar-refractivity contribution >= 4 is 44.9 Å². The van der Waals surface area contributed by atoms with Crippen molar-refractivity contribution in [3.63, 3.8) is 0 Å². The number of nitro groups is 1. The van der Waals surface area contributed by atoms with Gasteiger partial charge >= 0.3 is 0 Å². The minimum Gasteiger partial charge on any atom is -0.279 e. The van der Waals surface area contributed by atoms with Gasteiger partial charge in [0, 0.05) is 19.2 Å². The first-order valence-electron chi connectivity index (χ1n) is 9.36. The molecule has 12 heteroatoms. The smallest absolute Gasteiger partial charge is 0.270 e. The van der Waals surface area contributed by atoms with E-state index in [0.29, 0.717) is 27.7 Å². The van der Waals surface area contributed by atoms with Crippen LogP contribution in [0.1, 0.15) is 22.4 Å². The fourth-order valence-electron chi connectivity index (χ4n) is 3.03. The highest BCUT2D eigenvalue weighted by Gasteiger charge is 2.23. The summed E-state index contributed by atoms with van der Waals surface area (Å²) in [4.78, 5) is 10.2. The van der Waals surface area contributed by atoms with Crippen molar-refractivity contribution in [2.75, 3.05) is 10.1 Å². The number of sulfonamides is 1. The molecule has 2 N–H and O–H groups in total. The Morgan fingerprint density at radius 3 is 2.44 bits per heavy atom. The Labute approximate surface area is 190 Å². The Morgan fingerprint density at radius 1 is 1.16 bits per heavy atom. The van der Waals surface area contributed by atoms with Crippen molar-refractivity contribution in [2.24, 2.45) is 12.1 Å². The molecule has 32 heavy (non-hydrogen) atoms. The van der Waals surface area contributed by atoms with Crippen molar-refractivity contribution in [2.45, 2.75) is 25.7 Å². The monoisotopic (exact) mass is 476 g/mol. The molecule has 2 aromatic carbocycles. The van der Waals surface area contributed by atoms with Crippen LogP contribution in [0.3, 0.4) is 0 Å². The molecule has 0 saturated carbocycles. The molecule has 168 valence electrons. The zero-order chi connectivity index (χ0) is 23.6. The van der Waals surface area contributed by atoms with Gasteiger partial charge in [-0.25, -0.2) is 8.42 Å². The summed E-state index contributed by atoms with van der Waals surface area (Å²) in [5.41, 5.74) is 5.58.